The number of aliphatic hydroxyl groups is 1. The minimum atomic E-state index is -0.453. The molecule has 1 saturated heterocycles. The Hall–Kier alpha value is -0.420. The molecule has 4 heteroatoms. The predicted molar refractivity (Wildman–Crippen MR) is 71.0 cm³/mol. The SMILES string of the molecule is C[C@@H]([C@@H](O)c1cccc(Br)c1)N1CCOCC1. The number of morpholine rings is 1. The lowest BCUT2D eigenvalue weighted by molar-refractivity contribution is -0.0166. The molecule has 3 nitrogen and oxygen atoms in total. The van der Waals surface area contributed by atoms with E-state index in [1.807, 2.05) is 24.3 Å². The number of halogens is 1. The highest BCUT2D eigenvalue weighted by Crippen LogP contribution is 2.24. The Balaban J connectivity index is 2.05. The van der Waals surface area contributed by atoms with Gasteiger partial charge in [-0.2, -0.15) is 0 Å². The fourth-order valence-electron chi connectivity index (χ4n) is 2.15. The van der Waals surface area contributed by atoms with Crippen LogP contribution in [0.3, 0.4) is 0 Å². The summed E-state index contributed by atoms with van der Waals surface area (Å²) in [6.07, 6.45) is -0.453. The van der Waals surface area contributed by atoms with Crippen LogP contribution in [0.25, 0.3) is 0 Å². The Morgan fingerprint density at radius 1 is 1.35 bits per heavy atom. The van der Waals surface area contributed by atoms with E-state index >= 15 is 0 Å². The van der Waals surface area contributed by atoms with Gasteiger partial charge < -0.3 is 9.84 Å². The molecule has 1 N–H and O–H groups in total. The van der Waals surface area contributed by atoms with Crippen molar-refractivity contribution in [3.05, 3.63) is 34.3 Å². The topological polar surface area (TPSA) is 32.7 Å². The van der Waals surface area contributed by atoms with Gasteiger partial charge in [0.05, 0.1) is 19.3 Å². The van der Waals surface area contributed by atoms with E-state index in [9.17, 15) is 5.11 Å². The second kappa shape index (κ2) is 5.96. The number of benzene rings is 1. The molecule has 94 valence electrons. The monoisotopic (exact) mass is 299 g/mol. The molecule has 1 aliphatic heterocycles. The van der Waals surface area contributed by atoms with Gasteiger partial charge in [0.25, 0.3) is 0 Å². The van der Waals surface area contributed by atoms with Crippen molar-refractivity contribution in [2.75, 3.05) is 26.3 Å². The number of nitrogens with zero attached hydrogens (tertiary/aromatic N) is 1. The highest BCUT2D eigenvalue weighted by molar-refractivity contribution is 9.10. The van der Waals surface area contributed by atoms with Gasteiger partial charge in [0, 0.05) is 23.6 Å². The lowest BCUT2D eigenvalue weighted by Crippen LogP contribution is -2.44. The molecule has 1 aromatic carbocycles. The molecule has 0 saturated carbocycles. The summed E-state index contributed by atoms with van der Waals surface area (Å²) in [6.45, 7) is 5.38. The van der Waals surface area contributed by atoms with E-state index in [-0.39, 0.29) is 6.04 Å². The van der Waals surface area contributed by atoms with Crippen LogP contribution in [-0.2, 0) is 4.74 Å². The summed E-state index contributed by atoms with van der Waals surface area (Å²) < 4.78 is 6.33. The van der Waals surface area contributed by atoms with Gasteiger partial charge in [-0.15, -0.1) is 0 Å². The van der Waals surface area contributed by atoms with E-state index < -0.39 is 6.10 Å². The Kier molecular flexibility index (Phi) is 4.56. The van der Waals surface area contributed by atoms with Crippen LogP contribution in [0, 0.1) is 0 Å². The van der Waals surface area contributed by atoms with Gasteiger partial charge in [-0.3, -0.25) is 4.90 Å². The number of hydrogen-bond acceptors (Lipinski definition) is 3. The van der Waals surface area contributed by atoms with Crippen LogP contribution in [0.2, 0.25) is 0 Å². The van der Waals surface area contributed by atoms with Crippen molar-refractivity contribution in [2.45, 2.75) is 19.1 Å². The van der Waals surface area contributed by atoms with E-state index in [2.05, 4.69) is 27.8 Å². The van der Waals surface area contributed by atoms with E-state index in [1.165, 1.54) is 0 Å². The molecule has 17 heavy (non-hydrogen) atoms. The number of hydrogen-bond donors (Lipinski definition) is 1. The van der Waals surface area contributed by atoms with Gasteiger partial charge in [-0.05, 0) is 24.6 Å². The summed E-state index contributed by atoms with van der Waals surface area (Å²) in [7, 11) is 0. The molecule has 1 aliphatic rings. The maximum absolute atomic E-state index is 10.4. The summed E-state index contributed by atoms with van der Waals surface area (Å²) in [4.78, 5) is 2.27. The maximum atomic E-state index is 10.4. The first-order valence-corrected chi connectivity index (χ1v) is 6.73. The van der Waals surface area contributed by atoms with Crippen molar-refractivity contribution in [2.24, 2.45) is 0 Å². The minimum absolute atomic E-state index is 0.119. The molecular formula is C13H18BrNO2. The molecule has 0 spiro atoms. The largest absolute Gasteiger partial charge is 0.387 e. The van der Waals surface area contributed by atoms with E-state index in [1.54, 1.807) is 0 Å². The van der Waals surface area contributed by atoms with E-state index in [0.29, 0.717) is 0 Å². The predicted octanol–water partition coefficient (Wildman–Crippen LogP) is 2.20. The Labute approximate surface area is 111 Å². The number of rotatable bonds is 3. The summed E-state index contributed by atoms with van der Waals surface area (Å²) in [5, 5.41) is 10.4. The zero-order chi connectivity index (χ0) is 12.3. The normalized spacial score (nSPS) is 21.1. The van der Waals surface area contributed by atoms with Crippen molar-refractivity contribution in [3.63, 3.8) is 0 Å². The lowest BCUT2D eigenvalue weighted by atomic mass is 10.0. The zero-order valence-corrected chi connectivity index (χ0v) is 11.6. The van der Waals surface area contributed by atoms with Crippen LogP contribution in [-0.4, -0.2) is 42.4 Å². The third-order valence-electron chi connectivity index (χ3n) is 3.27. The van der Waals surface area contributed by atoms with Crippen LogP contribution >= 0.6 is 15.9 Å². The molecule has 1 fully saturated rings. The lowest BCUT2D eigenvalue weighted by Gasteiger charge is -2.35. The standard InChI is InChI=1S/C13H18BrNO2/c1-10(15-5-7-17-8-6-15)13(16)11-3-2-4-12(14)9-11/h2-4,9-10,13,16H,5-8H2,1H3/t10-,13+/m0/s1. The molecule has 0 amide bonds. The Morgan fingerprint density at radius 3 is 2.71 bits per heavy atom. The van der Waals surface area contributed by atoms with Gasteiger partial charge in [-0.1, -0.05) is 28.1 Å². The number of ether oxygens (including phenoxy) is 1. The molecule has 0 aliphatic carbocycles. The van der Waals surface area contributed by atoms with Crippen molar-refractivity contribution >= 4 is 15.9 Å². The molecule has 1 heterocycles. The molecule has 2 atom stereocenters. The molecule has 0 radical (unpaired) electrons. The fourth-order valence-corrected chi connectivity index (χ4v) is 2.57. The Bertz CT molecular complexity index is 366. The average Bonchev–Trinajstić information content (AvgIpc) is 2.38. The van der Waals surface area contributed by atoms with Crippen LogP contribution in [0.15, 0.2) is 28.7 Å². The average molecular weight is 300 g/mol. The van der Waals surface area contributed by atoms with Crippen LogP contribution in [0.1, 0.15) is 18.6 Å². The van der Waals surface area contributed by atoms with Crippen molar-refractivity contribution in [1.29, 1.82) is 0 Å². The fraction of sp³-hybridized carbons (Fsp3) is 0.538. The smallest absolute Gasteiger partial charge is 0.0942 e. The highest BCUT2D eigenvalue weighted by atomic mass is 79.9. The van der Waals surface area contributed by atoms with Gasteiger partial charge in [0.1, 0.15) is 0 Å². The van der Waals surface area contributed by atoms with Crippen molar-refractivity contribution in [1.82, 2.24) is 4.90 Å². The quantitative estimate of drug-likeness (QED) is 0.929. The van der Waals surface area contributed by atoms with Gasteiger partial charge in [0.15, 0.2) is 0 Å². The zero-order valence-electron chi connectivity index (χ0n) is 9.97. The summed E-state index contributed by atoms with van der Waals surface area (Å²) in [6, 6.07) is 7.98. The molecule has 1 aromatic rings. The highest BCUT2D eigenvalue weighted by Gasteiger charge is 2.24. The van der Waals surface area contributed by atoms with E-state index in [4.69, 9.17) is 4.74 Å². The van der Waals surface area contributed by atoms with Crippen LogP contribution in [0.5, 0.6) is 0 Å². The van der Waals surface area contributed by atoms with Crippen LogP contribution < -0.4 is 0 Å². The molecular weight excluding hydrogens is 282 g/mol. The third-order valence-corrected chi connectivity index (χ3v) is 3.76. The molecule has 0 aromatic heterocycles. The van der Waals surface area contributed by atoms with Gasteiger partial charge in [0.2, 0.25) is 0 Å². The maximum Gasteiger partial charge on any atom is 0.0942 e. The van der Waals surface area contributed by atoms with E-state index in [0.717, 1.165) is 36.3 Å². The summed E-state index contributed by atoms with van der Waals surface area (Å²) in [5.74, 6) is 0. The van der Waals surface area contributed by atoms with Crippen molar-refractivity contribution in [3.8, 4) is 0 Å². The first kappa shape index (κ1) is 13.0. The minimum Gasteiger partial charge on any atom is -0.387 e. The second-order valence-electron chi connectivity index (χ2n) is 4.39. The molecule has 0 unspecified atom stereocenters. The Morgan fingerprint density at radius 2 is 2.06 bits per heavy atom. The second-order valence-corrected chi connectivity index (χ2v) is 5.30. The first-order valence-electron chi connectivity index (χ1n) is 5.94. The third kappa shape index (κ3) is 3.28. The van der Waals surface area contributed by atoms with Gasteiger partial charge in [-0.25, -0.2) is 0 Å². The van der Waals surface area contributed by atoms with Crippen molar-refractivity contribution < 1.29 is 9.84 Å². The summed E-state index contributed by atoms with van der Waals surface area (Å²) >= 11 is 3.43. The van der Waals surface area contributed by atoms with Crippen LogP contribution in [0.4, 0.5) is 0 Å². The summed E-state index contributed by atoms with van der Waals surface area (Å²) in [5.41, 5.74) is 0.957. The molecule has 2 rings (SSSR count). The number of aliphatic hydroxyl groups excluding tert-OH is 1. The first-order chi connectivity index (χ1) is 8.18. The van der Waals surface area contributed by atoms with Gasteiger partial charge >= 0.3 is 0 Å². The molecule has 0 bridgehead atoms.